The summed E-state index contributed by atoms with van der Waals surface area (Å²) in [5.41, 5.74) is 0.890. The van der Waals surface area contributed by atoms with Gasteiger partial charge < -0.3 is 31.1 Å². The first-order valence-electron chi connectivity index (χ1n) is 9.10. The molecule has 0 amide bonds. The van der Waals surface area contributed by atoms with Crippen molar-refractivity contribution in [2.75, 3.05) is 22.6 Å². The monoisotopic (exact) mass is 415 g/mol. The number of nitrogens with one attached hydrogen (secondary N) is 5. The minimum absolute atomic E-state index is 0.138. The van der Waals surface area contributed by atoms with E-state index in [1.807, 2.05) is 31.2 Å². The first-order valence-corrected chi connectivity index (χ1v) is 9.51. The second kappa shape index (κ2) is 7.09. The number of hydrogen-bond donors (Lipinski definition) is 6. The molecule has 0 fully saturated rings. The number of halogens is 1. The molecule has 0 aliphatic carbocycles. The van der Waals surface area contributed by atoms with Crippen molar-refractivity contribution < 1.29 is 14.2 Å². The van der Waals surface area contributed by atoms with Gasteiger partial charge in [-0.1, -0.05) is 18.3 Å². The number of fused-ring (bicyclic) bond motifs is 1. The lowest BCUT2D eigenvalue weighted by atomic mass is 10.1. The summed E-state index contributed by atoms with van der Waals surface area (Å²) < 4.78 is 20.4. The topological polar surface area (TPSA) is 89.6 Å². The molecule has 9 heteroatoms. The summed E-state index contributed by atoms with van der Waals surface area (Å²) >= 11 is 5.16. The SMILES string of the molecule is CC1(Nc2cccc(O)c2)NC=C(F)C(C)(Nc2ccc3c(c2)NC(=S)CO3)N1. The van der Waals surface area contributed by atoms with Crippen LogP contribution >= 0.6 is 12.2 Å². The molecule has 6 N–H and O–H groups in total. The van der Waals surface area contributed by atoms with E-state index in [0.717, 1.165) is 5.69 Å². The number of benzene rings is 2. The lowest BCUT2D eigenvalue weighted by Crippen LogP contribution is -2.70. The molecule has 152 valence electrons. The van der Waals surface area contributed by atoms with Gasteiger partial charge in [0.25, 0.3) is 0 Å². The molecular weight excluding hydrogens is 393 g/mol. The van der Waals surface area contributed by atoms with E-state index >= 15 is 0 Å². The maximum absolute atomic E-state index is 14.8. The Morgan fingerprint density at radius 1 is 1.14 bits per heavy atom. The average molecular weight is 415 g/mol. The Morgan fingerprint density at radius 2 is 1.93 bits per heavy atom. The minimum Gasteiger partial charge on any atom is -0.508 e. The van der Waals surface area contributed by atoms with Gasteiger partial charge in [-0.3, -0.25) is 0 Å². The summed E-state index contributed by atoms with van der Waals surface area (Å²) in [6, 6.07) is 12.2. The molecule has 4 rings (SSSR count). The fourth-order valence-corrected chi connectivity index (χ4v) is 3.60. The third kappa shape index (κ3) is 4.06. The Kier molecular flexibility index (Phi) is 4.71. The maximum Gasteiger partial charge on any atom is 0.163 e. The maximum atomic E-state index is 14.8. The molecule has 0 radical (unpaired) electrons. The van der Waals surface area contributed by atoms with Crippen molar-refractivity contribution in [1.82, 2.24) is 10.6 Å². The summed E-state index contributed by atoms with van der Waals surface area (Å²) in [4.78, 5) is 0.592. The predicted octanol–water partition coefficient (Wildman–Crippen LogP) is 3.44. The molecule has 0 saturated heterocycles. The molecule has 2 aromatic rings. The van der Waals surface area contributed by atoms with Gasteiger partial charge in [0.05, 0.1) is 5.69 Å². The minimum atomic E-state index is -1.20. The van der Waals surface area contributed by atoms with E-state index in [9.17, 15) is 9.50 Å². The third-order valence-electron chi connectivity index (χ3n) is 4.71. The van der Waals surface area contributed by atoms with Crippen LogP contribution in [0.5, 0.6) is 11.5 Å². The molecule has 0 spiro atoms. The second-order valence-electron chi connectivity index (χ2n) is 7.36. The fraction of sp³-hybridized carbons (Fsp3) is 0.250. The zero-order valence-electron chi connectivity index (χ0n) is 16.0. The van der Waals surface area contributed by atoms with E-state index in [-0.39, 0.29) is 5.75 Å². The molecule has 29 heavy (non-hydrogen) atoms. The molecule has 0 aromatic heterocycles. The lowest BCUT2D eigenvalue weighted by molar-refractivity contribution is 0.229. The van der Waals surface area contributed by atoms with Gasteiger partial charge in [0.1, 0.15) is 28.8 Å². The molecule has 2 heterocycles. The molecule has 2 atom stereocenters. The van der Waals surface area contributed by atoms with Crippen LogP contribution < -0.4 is 31.3 Å². The van der Waals surface area contributed by atoms with Crippen LogP contribution in [0.25, 0.3) is 0 Å². The number of phenolic OH excluding ortho intramolecular Hbond substituents is 1. The van der Waals surface area contributed by atoms with E-state index in [2.05, 4.69) is 26.6 Å². The highest BCUT2D eigenvalue weighted by Crippen LogP contribution is 2.34. The first-order chi connectivity index (χ1) is 13.7. The van der Waals surface area contributed by atoms with Crippen LogP contribution in [0.2, 0.25) is 0 Å². The van der Waals surface area contributed by atoms with Gasteiger partial charge in [0, 0.05) is 23.6 Å². The quantitative estimate of drug-likeness (QED) is 0.424. The molecule has 2 aromatic carbocycles. The second-order valence-corrected chi connectivity index (χ2v) is 7.85. The number of hydrogen-bond acceptors (Lipinski definition) is 7. The first kappa shape index (κ1) is 19.3. The summed E-state index contributed by atoms with van der Waals surface area (Å²) in [5, 5.41) is 25.4. The number of thiocarbonyl (C=S) groups is 1. The van der Waals surface area contributed by atoms with Crippen molar-refractivity contribution in [3.05, 3.63) is 54.5 Å². The highest BCUT2D eigenvalue weighted by atomic mass is 32.1. The molecule has 2 aliphatic rings. The molecule has 2 aliphatic heterocycles. The van der Waals surface area contributed by atoms with Gasteiger partial charge >= 0.3 is 0 Å². The van der Waals surface area contributed by atoms with Crippen LogP contribution in [0.3, 0.4) is 0 Å². The Labute approximate surface area is 173 Å². The van der Waals surface area contributed by atoms with Gasteiger partial charge in [-0.05, 0) is 44.2 Å². The van der Waals surface area contributed by atoms with Crippen molar-refractivity contribution in [1.29, 1.82) is 0 Å². The molecule has 7 nitrogen and oxygen atoms in total. The fourth-order valence-electron chi connectivity index (χ4n) is 3.43. The summed E-state index contributed by atoms with van der Waals surface area (Å²) in [6.45, 7) is 3.88. The highest BCUT2D eigenvalue weighted by molar-refractivity contribution is 7.80. The normalized spacial score (nSPS) is 25.6. The average Bonchev–Trinajstić information content (AvgIpc) is 2.64. The van der Waals surface area contributed by atoms with E-state index < -0.39 is 17.3 Å². The smallest absolute Gasteiger partial charge is 0.163 e. The zero-order valence-corrected chi connectivity index (χ0v) is 16.8. The van der Waals surface area contributed by atoms with Crippen molar-refractivity contribution in [2.24, 2.45) is 0 Å². The number of rotatable bonds is 4. The van der Waals surface area contributed by atoms with Crippen LogP contribution in [0.1, 0.15) is 13.8 Å². The Morgan fingerprint density at radius 3 is 2.72 bits per heavy atom. The number of ether oxygens (including phenoxy) is 1. The number of phenols is 1. The van der Waals surface area contributed by atoms with Gasteiger partial charge in [-0.2, -0.15) is 0 Å². The predicted molar refractivity (Wildman–Crippen MR) is 116 cm³/mol. The summed E-state index contributed by atoms with van der Waals surface area (Å²) in [7, 11) is 0. The van der Waals surface area contributed by atoms with Crippen LogP contribution in [0.15, 0.2) is 54.5 Å². The van der Waals surface area contributed by atoms with Gasteiger partial charge in [-0.25, -0.2) is 9.71 Å². The van der Waals surface area contributed by atoms with E-state index in [4.69, 9.17) is 17.0 Å². The van der Waals surface area contributed by atoms with Gasteiger partial charge in [-0.15, -0.1) is 0 Å². The van der Waals surface area contributed by atoms with Gasteiger partial charge in [0.2, 0.25) is 0 Å². The standard InChI is InChI=1S/C20H22FN5O2S/c1-19(24-13-6-7-16-15(9-13)23-18(29)11-28-16)17(21)10-22-20(2,26-19)25-12-4-3-5-14(27)8-12/h3-10,22,24-27H,11H2,1-2H3,(H,23,29). The van der Waals surface area contributed by atoms with Crippen molar-refractivity contribution in [2.45, 2.75) is 25.3 Å². The zero-order chi connectivity index (χ0) is 20.6. The van der Waals surface area contributed by atoms with Crippen LogP contribution in [-0.4, -0.2) is 28.2 Å². The Bertz CT molecular complexity index is 1000. The molecule has 0 bridgehead atoms. The van der Waals surface area contributed by atoms with Crippen LogP contribution in [0, 0.1) is 0 Å². The van der Waals surface area contributed by atoms with Gasteiger partial charge in [0.15, 0.2) is 11.6 Å². The Balaban J connectivity index is 1.56. The third-order valence-corrected chi connectivity index (χ3v) is 4.93. The largest absolute Gasteiger partial charge is 0.508 e. The van der Waals surface area contributed by atoms with E-state index in [0.29, 0.717) is 28.7 Å². The van der Waals surface area contributed by atoms with Crippen molar-refractivity contribution in [3.8, 4) is 11.5 Å². The molecule has 0 saturated carbocycles. The van der Waals surface area contributed by atoms with Crippen molar-refractivity contribution >= 4 is 34.3 Å². The van der Waals surface area contributed by atoms with Crippen LogP contribution in [-0.2, 0) is 0 Å². The number of anilines is 3. The molecule has 2 unspecified atom stereocenters. The van der Waals surface area contributed by atoms with E-state index in [1.54, 1.807) is 25.1 Å². The molecular formula is C20H22FN5O2S. The van der Waals surface area contributed by atoms with E-state index in [1.165, 1.54) is 6.20 Å². The number of aromatic hydroxyl groups is 1. The summed E-state index contributed by atoms with van der Waals surface area (Å²) in [6.07, 6.45) is 1.31. The van der Waals surface area contributed by atoms with Crippen molar-refractivity contribution in [3.63, 3.8) is 0 Å². The lowest BCUT2D eigenvalue weighted by Gasteiger charge is -2.45. The summed E-state index contributed by atoms with van der Waals surface area (Å²) in [5.74, 6) is -0.467. The highest BCUT2D eigenvalue weighted by Gasteiger charge is 2.41. The Hall–Kier alpha value is -3.04. The van der Waals surface area contributed by atoms with Crippen LogP contribution in [0.4, 0.5) is 21.5 Å².